The van der Waals surface area contributed by atoms with E-state index < -0.39 is 0 Å². The van der Waals surface area contributed by atoms with Gasteiger partial charge in [-0.1, -0.05) is 18.2 Å². The van der Waals surface area contributed by atoms with Gasteiger partial charge in [0.2, 0.25) is 0 Å². The Bertz CT molecular complexity index is 612. The number of aromatic amines is 1. The second kappa shape index (κ2) is 4.96. The predicted molar refractivity (Wildman–Crippen MR) is 79.6 cm³/mol. The van der Waals surface area contributed by atoms with Crippen LogP contribution in [-0.4, -0.2) is 30.1 Å². The minimum absolute atomic E-state index is 0.456. The molecule has 4 nitrogen and oxygen atoms in total. The lowest BCUT2D eigenvalue weighted by Gasteiger charge is -2.08. The van der Waals surface area contributed by atoms with Gasteiger partial charge in [0.1, 0.15) is 0 Å². The van der Waals surface area contributed by atoms with E-state index in [1.165, 1.54) is 22.2 Å². The minimum Gasteiger partial charge on any atom is -0.358 e. The number of nitrogens with one attached hydrogen (secondary N) is 3. The number of H-pyrrole nitrogens is 1. The molecule has 0 aliphatic carbocycles. The third-order valence-corrected chi connectivity index (χ3v) is 3.60. The van der Waals surface area contributed by atoms with Crippen LogP contribution in [0.3, 0.4) is 0 Å². The van der Waals surface area contributed by atoms with Crippen LogP contribution >= 0.6 is 0 Å². The zero-order valence-corrected chi connectivity index (χ0v) is 11.5. The fourth-order valence-electron chi connectivity index (χ4n) is 2.62. The van der Waals surface area contributed by atoms with E-state index in [4.69, 9.17) is 0 Å². The van der Waals surface area contributed by atoms with Crippen molar-refractivity contribution in [2.75, 3.05) is 13.1 Å². The van der Waals surface area contributed by atoms with E-state index in [0.717, 1.165) is 25.5 Å². The quantitative estimate of drug-likeness (QED) is 0.786. The summed E-state index contributed by atoms with van der Waals surface area (Å²) in [6.45, 7) is 6.06. The zero-order chi connectivity index (χ0) is 13.2. The number of aryl methyl sites for hydroxylation is 1. The van der Waals surface area contributed by atoms with Crippen molar-refractivity contribution in [1.29, 1.82) is 0 Å². The van der Waals surface area contributed by atoms with E-state index in [-0.39, 0.29) is 0 Å². The first-order chi connectivity index (χ1) is 9.24. The largest absolute Gasteiger partial charge is 0.358 e. The number of aliphatic imine (C=N–C) groups is 1. The molecule has 2 aromatic rings. The molecule has 1 aliphatic heterocycles. The molecule has 3 N–H and O–H groups in total. The summed E-state index contributed by atoms with van der Waals surface area (Å²) in [6.07, 6.45) is 1.00. The van der Waals surface area contributed by atoms with E-state index in [2.05, 4.69) is 58.7 Å². The number of nitrogens with zero attached hydrogens (tertiary/aromatic N) is 1. The molecule has 100 valence electrons. The van der Waals surface area contributed by atoms with Gasteiger partial charge in [-0.25, -0.2) is 0 Å². The van der Waals surface area contributed by atoms with Crippen LogP contribution in [0.4, 0.5) is 0 Å². The van der Waals surface area contributed by atoms with Gasteiger partial charge in [0.05, 0.1) is 6.54 Å². The van der Waals surface area contributed by atoms with Crippen LogP contribution in [-0.2, 0) is 6.42 Å². The monoisotopic (exact) mass is 256 g/mol. The van der Waals surface area contributed by atoms with Crippen molar-refractivity contribution in [3.8, 4) is 0 Å². The van der Waals surface area contributed by atoms with Gasteiger partial charge >= 0.3 is 0 Å². The maximum absolute atomic E-state index is 4.41. The molecule has 3 rings (SSSR count). The van der Waals surface area contributed by atoms with Crippen LogP contribution in [0.25, 0.3) is 10.9 Å². The highest BCUT2D eigenvalue weighted by molar-refractivity contribution is 5.85. The minimum atomic E-state index is 0.456. The van der Waals surface area contributed by atoms with E-state index in [1.807, 2.05) is 0 Å². The maximum atomic E-state index is 4.41. The Morgan fingerprint density at radius 2 is 2.21 bits per heavy atom. The summed E-state index contributed by atoms with van der Waals surface area (Å²) < 4.78 is 0. The Labute approximate surface area is 113 Å². The molecule has 1 atom stereocenters. The zero-order valence-electron chi connectivity index (χ0n) is 11.5. The molecule has 1 aliphatic rings. The van der Waals surface area contributed by atoms with E-state index in [0.29, 0.717) is 6.04 Å². The first kappa shape index (κ1) is 12.1. The highest BCUT2D eigenvalue weighted by atomic mass is 15.2. The maximum Gasteiger partial charge on any atom is 0.191 e. The molecule has 2 heterocycles. The second-order valence-corrected chi connectivity index (χ2v) is 5.19. The number of fused-ring (bicyclic) bond motifs is 1. The van der Waals surface area contributed by atoms with Crippen LogP contribution in [0.15, 0.2) is 29.3 Å². The van der Waals surface area contributed by atoms with Crippen LogP contribution in [0.5, 0.6) is 0 Å². The van der Waals surface area contributed by atoms with Crippen LogP contribution < -0.4 is 10.6 Å². The van der Waals surface area contributed by atoms with Gasteiger partial charge in [0, 0.05) is 29.2 Å². The molecule has 19 heavy (non-hydrogen) atoms. The lowest BCUT2D eigenvalue weighted by Crippen LogP contribution is -2.38. The number of rotatable bonds is 3. The molecule has 0 bridgehead atoms. The Balaban J connectivity index is 1.67. The van der Waals surface area contributed by atoms with Gasteiger partial charge in [0.25, 0.3) is 0 Å². The number of benzene rings is 1. The van der Waals surface area contributed by atoms with Gasteiger partial charge in [-0.15, -0.1) is 0 Å². The summed E-state index contributed by atoms with van der Waals surface area (Å²) in [5.41, 5.74) is 3.88. The van der Waals surface area contributed by atoms with Gasteiger partial charge in [-0.3, -0.25) is 4.99 Å². The molecule has 0 radical (unpaired) electrons. The molecule has 0 spiro atoms. The molecular formula is C15H20N4. The normalized spacial score (nSPS) is 18.4. The highest BCUT2D eigenvalue weighted by Gasteiger charge is 2.12. The number of hydrogen-bond acceptors (Lipinski definition) is 3. The SMILES string of the molecule is Cc1[nH]c2ccccc2c1CCNC1=NCC(C)N1. The van der Waals surface area contributed by atoms with Crippen molar-refractivity contribution >= 4 is 16.9 Å². The summed E-state index contributed by atoms with van der Waals surface area (Å²) in [5, 5.41) is 8.01. The Kier molecular flexibility index (Phi) is 3.15. The first-order valence-electron chi connectivity index (χ1n) is 6.85. The van der Waals surface area contributed by atoms with Gasteiger partial charge in [-0.2, -0.15) is 0 Å². The fraction of sp³-hybridized carbons (Fsp3) is 0.400. The van der Waals surface area contributed by atoms with Gasteiger partial charge in [0.15, 0.2) is 5.96 Å². The summed E-state index contributed by atoms with van der Waals surface area (Å²) in [7, 11) is 0. The molecule has 0 saturated heterocycles. The molecule has 1 unspecified atom stereocenters. The summed E-state index contributed by atoms with van der Waals surface area (Å²) in [4.78, 5) is 7.85. The van der Waals surface area contributed by atoms with Gasteiger partial charge in [-0.05, 0) is 31.9 Å². The Hall–Kier alpha value is -1.97. The first-order valence-corrected chi connectivity index (χ1v) is 6.85. The standard InChI is InChI=1S/C15H20N4/c1-10-9-17-15(18-10)16-8-7-12-11(2)19-14-6-4-3-5-13(12)14/h3-6,10,19H,7-9H2,1-2H3,(H2,16,17,18). The fourth-order valence-corrected chi connectivity index (χ4v) is 2.62. The van der Waals surface area contributed by atoms with Crippen LogP contribution in [0, 0.1) is 6.92 Å². The topological polar surface area (TPSA) is 52.2 Å². The predicted octanol–water partition coefficient (Wildman–Crippen LogP) is 1.96. The molecule has 0 fully saturated rings. The lowest BCUT2D eigenvalue weighted by molar-refractivity contribution is 0.712. The van der Waals surface area contributed by atoms with Crippen LogP contribution in [0.1, 0.15) is 18.2 Å². The number of aromatic nitrogens is 1. The Morgan fingerprint density at radius 3 is 3.00 bits per heavy atom. The molecule has 1 aromatic heterocycles. The molecule has 0 amide bonds. The van der Waals surface area contributed by atoms with Crippen molar-refractivity contribution < 1.29 is 0 Å². The average Bonchev–Trinajstić information content (AvgIpc) is 2.94. The highest BCUT2D eigenvalue weighted by Crippen LogP contribution is 2.21. The lowest BCUT2D eigenvalue weighted by atomic mass is 10.1. The number of para-hydroxylation sites is 1. The Morgan fingerprint density at radius 1 is 1.37 bits per heavy atom. The molecule has 1 aromatic carbocycles. The molecular weight excluding hydrogens is 236 g/mol. The van der Waals surface area contributed by atoms with Crippen molar-refractivity contribution in [3.05, 3.63) is 35.5 Å². The van der Waals surface area contributed by atoms with Crippen molar-refractivity contribution in [3.63, 3.8) is 0 Å². The molecule has 4 heteroatoms. The van der Waals surface area contributed by atoms with Gasteiger partial charge < -0.3 is 15.6 Å². The third-order valence-electron chi connectivity index (χ3n) is 3.60. The van der Waals surface area contributed by atoms with E-state index in [1.54, 1.807) is 0 Å². The van der Waals surface area contributed by atoms with E-state index >= 15 is 0 Å². The van der Waals surface area contributed by atoms with Crippen molar-refractivity contribution in [1.82, 2.24) is 15.6 Å². The van der Waals surface area contributed by atoms with Crippen molar-refractivity contribution in [2.24, 2.45) is 4.99 Å². The number of hydrogen-bond donors (Lipinski definition) is 3. The average molecular weight is 256 g/mol. The second-order valence-electron chi connectivity index (χ2n) is 5.19. The van der Waals surface area contributed by atoms with Crippen LogP contribution in [0.2, 0.25) is 0 Å². The smallest absolute Gasteiger partial charge is 0.191 e. The molecule has 0 saturated carbocycles. The third kappa shape index (κ3) is 2.43. The van der Waals surface area contributed by atoms with Crippen molar-refractivity contribution in [2.45, 2.75) is 26.3 Å². The summed E-state index contributed by atoms with van der Waals surface area (Å²) in [5.74, 6) is 0.935. The summed E-state index contributed by atoms with van der Waals surface area (Å²) >= 11 is 0. The van der Waals surface area contributed by atoms with E-state index in [9.17, 15) is 0 Å². The summed E-state index contributed by atoms with van der Waals surface area (Å²) in [6, 6.07) is 8.93. The number of guanidine groups is 1.